The number of nitrogens with zero attached hydrogens (tertiary/aromatic N) is 1. The summed E-state index contributed by atoms with van der Waals surface area (Å²) in [5, 5.41) is 9.08. The summed E-state index contributed by atoms with van der Waals surface area (Å²) in [5.41, 5.74) is 2.87. The molecule has 0 fully saturated rings. The Hall–Kier alpha value is -3.46. The van der Waals surface area contributed by atoms with Crippen LogP contribution in [-0.4, -0.2) is 50.2 Å². The lowest BCUT2D eigenvalue weighted by Gasteiger charge is -2.12. The Balaban J connectivity index is 1.63. The summed E-state index contributed by atoms with van der Waals surface area (Å²) in [6.07, 6.45) is 1.69. The van der Waals surface area contributed by atoms with Gasteiger partial charge in [0.25, 0.3) is 5.91 Å². The second-order valence-corrected chi connectivity index (χ2v) is 8.08. The lowest BCUT2D eigenvalue weighted by molar-refractivity contribution is -0.118. The molecule has 0 saturated carbocycles. The molecule has 184 valence electrons. The molecular weight excluding hydrogens is 468 g/mol. The lowest BCUT2D eigenvalue weighted by atomic mass is 10.0. The Morgan fingerprint density at radius 1 is 1.03 bits per heavy atom. The normalized spacial score (nSPS) is 10.6. The predicted octanol–water partition coefficient (Wildman–Crippen LogP) is 3.91. The Morgan fingerprint density at radius 3 is 2.60 bits per heavy atom. The molecule has 0 spiro atoms. The molecule has 2 amide bonds. The van der Waals surface area contributed by atoms with Crippen molar-refractivity contribution >= 4 is 29.2 Å². The molecule has 9 heteroatoms. The Morgan fingerprint density at radius 2 is 1.86 bits per heavy atom. The zero-order valence-electron chi connectivity index (χ0n) is 19.8. The van der Waals surface area contributed by atoms with Crippen LogP contribution in [0.4, 0.5) is 5.82 Å². The minimum Gasteiger partial charge on any atom is -0.491 e. The summed E-state index contributed by atoms with van der Waals surface area (Å²) in [5.74, 6) is 0.712. The highest BCUT2D eigenvalue weighted by molar-refractivity contribution is 6.37. The first-order valence-corrected chi connectivity index (χ1v) is 11.6. The second kappa shape index (κ2) is 13.4. The molecule has 3 N–H and O–H groups in total. The quantitative estimate of drug-likeness (QED) is 0.329. The van der Waals surface area contributed by atoms with Crippen LogP contribution >= 0.6 is 11.6 Å². The summed E-state index contributed by atoms with van der Waals surface area (Å²) in [6.45, 7) is 4.22. The Kier molecular flexibility index (Phi) is 10.0. The SMILES string of the molecule is COCCOc1cccc(-c2cccc(C(=O)Nc3ccc(CNCCNC(C)=O)cn3)c2Cl)c1. The van der Waals surface area contributed by atoms with E-state index in [9.17, 15) is 9.59 Å². The number of rotatable bonds is 12. The van der Waals surface area contributed by atoms with Gasteiger partial charge < -0.3 is 25.4 Å². The summed E-state index contributed by atoms with van der Waals surface area (Å²) in [7, 11) is 1.62. The van der Waals surface area contributed by atoms with Crippen molar-refractivity contribution in [1.29, 1.82) is 0 Å². The number of carbonyl (C=O) groups is 2. The monoisotopic (exact) mass is 496 g/mol. The highest BCUT2D eigenvalue weighted by atomic mass is 35.5. The molecule has 0 aliphatic carbocycles. The maximum Gasteiger partial charge on any atom is 0.258 e. The van der Waals surface area contributed by atoms with Gasteiger partial charge in [0, 0.05) is 45.4 Å². The van der Waals surface area contributed by atoms with Crippen LogP contribution in [0.15, 0.2) is 60.8 Å². The number of amides is 2. The fourth-order valence-corrected chi connectivity index (χ4v) is 3.59. The van der Waals surface area contributed by atoms with Gasteiger partial charge in [0.2, 0.25) is 5.91 Å². The third-order valence-corrected chi connectivity index (χ3v) is 5.42. The number of pyridine rings is 1. The van der Waals surface area contributed by atoms with Crippen molar-refractivity contribution in [3.63, 3.8) is 0 Å². The van der Waals surface area contributed by atoms with E-state index >= 15 is 0 Å². The van der Waals surface area contributed by atoms with Gasteiger partial charge in [0.15, 0.2) is 0 Å². The predicted molar refractivity (Wildman–Crippen MR) is 137 cm³/mol. The fourth-order valence-electron chi connectivity index (χ4n) is 3.27. The van der Waals surface area contributed by atoms with E-state index in [2.05, 4.69) is 20.9 Å². The fraction of sp³-hybridized carbons (Fsp3) is 0.269. The van der Waals surface area contributed by atoms with Gasteiger partial charge >= 0.3 is 0 Å². The number of anilines is 1. The van der Waals surface area contributed by atoms with E-state index in [0.29, 0.717) is 55.0 Å². The Bertz CT molecular complexity index is 1140. The van der Waals surface area contributed by atoms with E-state index < -0.39 is 0 Å². The average Bonchev–Trinajstić information content (AvgIpc) is 2.85. The summed E-state index contributed by atoms with van der Waals surface area (Å²) in [6, 6.07) is 16.5. The van der Waals surface area contributed by atoms with E-state index in [0.717, 1.165) is 16.7 Å². The number of halogens is 1. The average molecular weight is 497 g/mol. The number of methoxy groups -OCH3 is 1. The molecule has 1 heterocycles. The lowest BCUT2D eigenvalue weighted by Crippen LogP contribution is -2.29. The number of hydrogen-bond acceptors (Lipinski definition) is 6. The topological polar surface area (TPSA) is 102 Å². The highest BCUT2D eigenvalue weighted by Crippen LogP contribution is 2.33. The molecule has 0 atom stereocenters. The third-order valence-electron chi connectivity index (χ3n) is 5.02. The van der Waals surface area contributed by atoms with E-state index in [1.54, 1.807) is 31.5 Å². The van der Waals surface area contributed by atoms with Gasteiger partial charge in [-0.2, -0.15) is 0 Å². The van der Waals surface area contributed by atoms with Crippen molar-refractivity contribution in [2.75, 3.05) is 38.7 Å². The van der Waals surface area contributed by atoms with Crippen LogP contribution in [0.1, 0.15) is 22.8 Å². The molecule has 1 aromatic heterocycles. The number of benzene rings is 2. The first-order chi connectivity index (χ1) is 17.0. The molecule has 3 aromatic rings. The van der Waals surface area contributed by atoms with Crippen LogP contribution in [0.25, 0.3) is 11.1 Å². The summed E-state index contributed by atoms with van der Waals surface area (Å²) >= 11 is 6.63. The molecular formula is C26H29ClN4O4. The van der Waals surface area contributed by atoms with E-state index in [1.807, 2.05) is 36.4 Å². The first kappa shape index (κ1) is 26.2. The first-order valence-electron chi connectivity index (χ1n) is 11.2. The van der Waals surface area contributed by atoms with Gasteiger partial charge in [-0.1, -0.05) is 41.9 Å². The molecule has 35 heavy (non-hydrogen) atoms. The zero-order chi connectivity index (χ0) is 25.0. The van der Waals surface area contributed by atoms with E-state index in [-0.39, 0.29) is 11.8 Å². The van der Waals surface area contributed by atoms with Gasteiger partial charge in [-0.3, -0.25) is 9.59 Å². The molecule has 0 radical (unpaired) electrons. The number of ether oxygens (including phenoxy) is 2. The Labute approximate surface area is 210 Å². The molecule has 0 aliphatic rings. The highest BCUT2D eigenvalue weighted by Gasteiger charge is 2.15. The molecule has 0 aliphatic heterocycles. The maximum atomic E-state index is 12.9. The van der Waals surface area contributed by atoms with Crippen LogP contribution in [0, 0.1) is 0 Å². The van der Waals surface area contributed by atoms with Crippen LogP contribution in [0.5, 0.6) is 5.75 Å². The van der Waals surface area contributed by atoms with Crippen molar-refractivity contribution in [2.24, 2.45) is 0 Å². The van der Waals surface area contributed by atoms with Crippen molar-refractivity contribution in [1.82, 2.24) is 15.6 Å². The molecule has 0 saturated heterocycles. The number of carbonyl (C=O) groups excluding carboxylic acids is 2. The van der Waals surface area contributed by atoms with Gasteiger partial charge in [-0.05, 0) is 35.4 Å². The molecule has 8 nitrogen and oxygen atoms in total. The van der Waals surface area contributed by atoms with E-state index in [4.69, 9.17) is 21.1 Å². The van der Waals surface area contributed by atoms with Crippen LogP contribution in [-0.2, 0) is 16.1 Å². The summed E-state index contributed by atoms with van der Waals surface area (Å²) < 4.78 is 10.7. The van der Waals surface area contributed by atoms with Gasteiger partial charge in [0.1, 0.15) is 18.2 Å². The number of hydrogen-bond donors (Lipinski definition) is 3. The minimum absolute atomic E-state index is 0.0558. The maximum absolute atomic E-state index is 12.9. The largest absolute Gasteiger partial charge is 0.491 e. The molecule has 3 rings (SSSR count). The van der Waals surface area contributed by atoms with Crippen molar-refractivity contribution in [2.45, 2.75) is 13.5 Å². The number of nitrogens with one attached hydrogen (secondary N) is 3. The van der Waals surface area contributed by atoms with Crippen LogP contribution < -0.4 is 20.7 Å². The smallest absolute Gasteiger partial charge is 0.258 e. The van der Waals surface area contributed by atoms with Crippen LogP contribution in [0.3, 0.4) is 0 Å². The third kappa shape index (κ3) is 8.06. The van der Waals surface area contributed by atoms with Crippen molar-refractivity contribution in [3.8, 4) is 16.9 Å². The second-order valence-electron chi connectivity index (χ2n) is 7.70. The molecule has 0 bridgehead atoms. The standard InChI is InChI=1S/C26H29ClN4O4/c1-18(32)29-12-11-28-16-19-9-10-24(30-17-19)31-26(33)23-8-4-7-22(25(23)27)20-5-3-6-21(15-20)35-14-13-34-2/h3-10,15,17,28H,11-14,16H2,1-2H3,(H,29,32)(H,30,31,33). The summed E-state index contributed by atoms with van der Waals surface area (Å²) in [4.78, 5) is 28.1. The molecule has 2 aromatic carbocycles. The van der Waals surface area contributed by atoms with Gasteiger partial charge in [-0.15, -0.1) is 0 Å². The molecule has 0 unspecified atom stereocenters. The van der Waals surface area contributed by atoms with Gasteiger partial charge in [-0.25, -0.2) is 4.98 Å². The van der Waals surface area contributed by atoms with Crippen molar-refractivity contribution < 1.29 is 19.1 Å². The zero-order valence-corrected chi connectivity index (χ0v) is 20.5. The van der Waals surface area contributed by atoms with E-state index in [1.165, 1.54) is 6.92 Å². The minimum atomic E-state index is -0.349. The van der Waals surface area contributed by atoms with Crippen molar-refractivity contribution in [3.05, 3.63) is 76.9 Å². The van der Waals surface area contributed by atoms with Gasteiger partial charge in [0.05, 0.1) is 17.2 Å². The number of aromatic nitrogens is 1. The van der Waals surface area contributed by atoms with Crippen LogP contribution in [0.2, 0.25) is 5.02 Å².